The van der Waals surface area contributed by atoms with Crippen molar-refractivity contribution in [2.45, 2.75) is 19.1 Å². The molecule has 5 heteroatoms. The Morgan fingerprint density at radius 3 is 2.75 bits per heavy atom. The lowest BCUT2D eigenvalue weighted by Crippen LogP contribution is -2.45. The number of imidazole rings is 1. The van der Waals surface area contributed by atoms with E-state index in [0.717, 1.165) is 12.2 Å². The number of rotatable bonds is 6. The summed E-state index contributed by atoms with van der Waals surface area (Å²) in [5, 5.41) is 13.3. The summed E-state index contributed by atoms with van der Waals surface area (Å²) >= 11 is 0. The molecule has 0 amide bonds. The van der Waals surface area contributed by atoms with Crippen molar-refractivity contribution in [3.05, 3.63) is 18.2 Å². The fourth-order valence-corrected chi connectivity index (χ4v) is 1.75. The highest BCUT2D eigenvalue weighted by Gasteiger charge is 2.20. The van der Waals surface area contributed by atoms with Crippen molar-refractivity contribution in [1.82, 2.24) is 19.8 Å². The number of hydrogen-bond donors (Lipinski definition) is 2. The summed E-state index contributed by atoms with van der Waals surface area (Å²) in [7, 11) is 5.87. The third kappa shape index (κ3) is 4.30. The maximum absolute atomic E-state index is 10.1. The van der Waals surface area contributed by atoms with E-state index in [1.54, 1.807) is 6.33 Å². The zero-order valence-electron chi connectivity index (χ0n) is 10.6. The monoisotopic (exact) mass is 226 g/mol. The van der Waals surface area contributed by atoms with Crippen LogP contribution in [0, 0.1) is 0 Å². The summed E-state index contributed by atoms with van der Waals surface area (Å²) in [4.78, 5) is 6.02. The SMILES string of the molecule is CN(C)CC(C)(O)CNCc1cncn1C. The molecule has 1 aromatic rings. The quantitative estimate of drug-likeness (QED) is 0.707. The summed E-state index contributed by atoms with van der Waals surface area (Å²) in [6, 6.07) is 0. The number of nitrogens with zero attached hydrogens (tertiary/aromatic N) is 3. The standard InChI is InChI=1S/C11H22N4O/c1-11(16,8-14(2)3)7-12-5-10-6-13-9-15(10)4/h6,9,12,16H,5,7-8H2,1-4H3. The Bertz CT molecular complexity index is 320. The zero-order chi connectivity index (χ0) is 12.2. The van der Waals surface area contributed by atoms with Gasteiger partial charge in [0.1, 0.15) is 0 Å². The smallest absolute Gasteiger partial charge is 0.0945 e. The van der Waals surface area contributed by atoms with Crippen LogP contribution in [0.1, 0.15) is 12.6 Å². The van der Waals surface area contributed by atoms with Crippen molar-refractivity contribution in [3.8, 4) is 0 Å². The van der Waals surface area contributed by atoms with E-state index in [0.29, 0.717) is 13.1 Å². The van der Waals surface area contributed by atoms with Crippen LogP contribution >= 0.6 is 0 Å². The van der Waals surface area contributed by atoms with Gasteiger partial charge in [0.05, 0.1) is 17.6 Å². The van der Waals surface area contributed by atoms with E-state index in [1.807, 2.05) is 43.7 Å². The molecule has 0 radical (unpaired) electrons. The van der Waals surface area contributed by atoms with Crippen LogP contribution in [0.5, 0.6) is 0 Å². The van der Waals surface area contributed by atoms with E-state index < -0.39 is 5.60 Å². The molecular formula is C11H22N4O. The minimum Gasteiger partial charge on any atom is -0.388 e. The number of likely N-dealkylation sites (N-methyl/N-ethyl adjacent to an activating group) is 1. The largest absolute Gasteiger partial charge is 0.388 e. The van der Waals surface area contributed by atoms with E-state index >= 15 is 0 Å². The van der Waals surface area contributed by atoms with Crippen LogP contribution in [-0.2, 0) is 13.6 Å². The average Bonchev–Trinajstić information content (AvgIpc) is 2.49. The van der Waals surface area contributed by atoms with Gasteiger partial charge >= 0.3 is 0 Å². The summed E-state index contributed by atoms with van der Waals surface area (Å²) in [6.45, 7) is 3.77. The van der Waals surface area contributed by atoms with Gasteiger partial charge in [-0.2, -0.15) is 0 Å². The lowest BCUT2D eigenvalue weighted by atomic mass is 10.1. The molecule has 0 fully saturated rings. The Morgan fingerprint density at radius 2 is 2.25 bits per heavy atom. The Kier molecular flexibility index (Phi) is 4.46. The van der Waals surface area contributed by atoms with Crippen molar-refractivity contribution < 1.29 is 5.11 Å². The average molecular weight is 226 g/mol. The van der Waals surface area contributed by atoms with E-state index in [9.17, 15) is 5.11 Å². The van der Waals surface area contributed by atoms with Gasteiger partial charge in [0.2, 0.25) is 0 Å². The number of aliphatic hydroxyl groups is 1. The molecule has 0 bridgehead atoms. The Hall–Kier alpha value is -0.910. The summed E-state index contributed by atoms with van der Waals surface area (Å²) in [5.41, 5.74) is 0.405. The highest BCUT2D eigenvalue weighted by molar-refractivity contribution is 4.97. The van der Waals surface area contributed by atoms with Crippen molar-refractivity contribution >= 4 is 0 Å². The van der Waals surface area contributed by atoms with Crippen molar-refractivity contribution in [2.24, 2.45) is 7.05 Å². The summed E-state index contributed by atoms with van der Waals surface area (Å²) in [5.74, 6) is 0. The van der Waals surface area contributed by atoms with Crippen LogP contribution in [0.3, 0.4) is 0 Å². The van der Waals surface area contributed by atoms with Gasteiger partial charge in [-0.3, -0.25) is 0 Å². The van der Waals surface area contributed by atoms with Crippen LogP contribution in [0.15, 0.2) is 12.5 Å². The van der Waals surface area contributed by atoms with Crippen LogP contribution in [-0.4, -0.2) is 52.3 Å². The molecule has 1 atom stereocenters. The first-order chi connectivity index (χ1) is 7.41. The molecule has 0 aliphatic rings. The second-order valence-electron chi connectivity index (χ2n) is 4.83. The maximum Gasteiger partial charge on any atom is 0.0945 e. The molecule has 1 rings (SSSR count). The van der Waals surface area contributed by atoms with Gasteiger partial charge in [0, 0.05) is 32.9 Å². The highest BCUT2D eigenvalue weighted by atomic mass is 16.3. The Labute approximate surface area is 97.1 Å². The third-order valence-electron chi connectivity index (χ3n) is 2.39. The maximum atomic E-state index is 10.1. The zero-order valence-corrected chi connectivity index (χ0v) is 10.6. The molecule has 0 spiro atoms. The second-order valence-corrected chi connectivity index (χ2v) is 4.83. The first-order valence-electron chi connectivity index (χ1n) is 5.44. The molecule has 1 heterocycles. The summed E-state index contributed by atoms with van der Waals surface area (Å²) in [6.07, 6.45) is 3.60. The van der Waals surface area contributed by atoms with Gasteiger partial charge in [0.25, 0.3) is 0 Å². The first-order valence-corrected chi connectivity index (χ1v) is 5.44. The van der Waals surface area contributed by atoms with Gasteiger partial charge in [-0.1, -0.05) is 0 Å². The number of hydrogen-bond acceptors (Lipinski definition) is 4. The lowest BCUT2D eigenvalue weighted by Gasteiger charge is -2.27. The van der Waals surface area contributed by atoms with Crippen molar-refractivity contribution in [1.29, 1.82) is 0 Å². The minimum atomic E-state index is -0.706. The molecule has 0 saturated heterocycles. The topological polar surface area (TPSA) is 53.3 Å². The molecular weight excluding hydrogens is 204 g/mol. The highest BCUT2D eigenvalue weighted by Crippen LogP contribution is 2.03. The minimum absolute atomic E-state index is 0.566. The molecule has 0 saturated carbocycles. The number of aryl methyl sites for hydroxylation is 1. The molecule has 0 aromatic carbocycles. The van der Waals surface area contributed by atoms with Crippen LogP contribution < -0.4 is 5.32 Å². The second kappa shape index (κ2) is 5.43. The van der Waals surface area contributed by atoms with Crippen molar-refractivity contribution in [3.63, 3.8) is 0 Å². The number of aromatic nitrogens is 2. The molecule has 16 heavy (non-hydrogen) atoms. The van der Waals surface area contributed by atoms with E-state index in [4.69, 9.17) is 0 Å². The summed E-state index contributed by atoms with van der Waals surface area (Å²) < 4.78 is 1.97. The number of nitrogens with one attached hydrogen (secondary N) is 1. The molecule has 1 aromatic heterocycles. The van der Waals surface area contributed by atoms with Crippen LogP contribution in [0.4, 0.5) is 0 Å². The van der Waals surface area contributed by atoms with Gasteiger partial charge in [-0.15, -0.1) is 0 Å². The Balaban J connectivity index is 2.32. The predicted molar refractivity (Wildman–Crippen MR) is 64.1 cm³/mol. The van der Waals surface area contributed by atoms with Gasteiger partial charge in [0.15, 0.2) is 0 Å². The normalized spacial score (nSPS) is 15.4. The van der Waals surface area contributed by atoms with Gasteiger partial charge in [-0.25, -0.2) is 4.98 Å². The van der Waals surface area contributed by atoms with Gasteiger partial charge in [-0.05, 0) is 21.0 Å². The third-order valence-corrected chi connectivity index (χ3v) is 2.39. The molecule has 2 N–H and O–H groups in total. The predicted octanol–water partition coefficient (Wildman–Crippen LogP) is -0.178. The van der Waals surface area contributed by atoms with Crippen LogP contribution in [0.2, 0.25) is 0 Å². The Morgan fingerprint density at radius 1 is 1.56 bits per heavy atom. The van der Waals surface area contributed by atoms with Crippen LogP contribution in [0.25, 0.3) is 0 Å². The van der Waals surface area contributed by atoms with Gasteiger partial charge < -0.3 is 19.9 Å². The first kappa shape index (κ1) is 13.2. The molecule has 92 valence electrons. The lowest BCUT2D eigenvalue weighted by molar-refractivity contribution is 0.0335. The van der Waals surface area contributed by atoms with E-state index in [1.165, 1.54) is 0 Å². The molecule has 0 aliphatic heterocycles. The molecule has 5 nitrogen and oxygen atoms in total. The van der Waals surface area contributed by atoms with E-state index in [-0.39, 0.29) is 0 Å². The fraction of sp³-hybridized carbons (Fsp3) is 0.727. The fourth-order valence-electron chi connectivity index (χ4n) is 1.75. The molecule has 0 aliphatic carbocycles. The van der Waals surface area contributed by atoms with Crippen molar-refractivity contribution in [2.75, 3.05) is 27.2 Å². The van der Waals surface area contributed by atoms with E-state index in [2.05, 4.69) is 10.3 Å². The molecule has 1 unspecified atom stereocenters.